The first-order valence-corrected chi connectivity index (χ1v) is 9.08. The predicted octanol–water partition coefficient (Wildman–Crippen LogP) is 3.66. The highest BCUT2D eigenvalue weighted by Gasteiger charge is 2.12. The molecule has 148 valence electrons. The zero-order chi connectivity index (χ0) is 20.8. The number of carbonyl (C=O) groups is 3. The van der Waals surface area contributed by atoms with Gasteiger partial charge in [0.1, 0.15) is 0 Å². The Morgan fingerprint density at radius 1 is 0.931 bits per heavy atom. The zero-order valence-corrected chi connectivity index (χ0v) is 16.2. The number of hydrogen-bond acceptors (Lipinski definition) is 5. The molecular formula is C23H21NO5. The first kappa shape index (κ1) is 20.1. The van der Waals surface area contributed by atoms with Gasteiger partial charge >= 0.3 is 11.9 Å². The molecule has 0 aliphatic rings. The molecule has 0 heterocycles. The van der Waals surface area contributed by atoms with Gasteiger partial charge in [0.25, 0.3) is 5.91 Å². The van der Waals surface area contributed by atoms with Gasteiger partial charge in [-0.3, -0.25) is 9.59 Å². The van der Waals surface area contributed by atoms with E-state index in [0.717, 1.165) is 21.9 Å². The highest BCUT2D eigenvalue weighted by molar-refractivity contribution is 5.96. The molecule has 3 aromatic carbocycles. The Kier molecular flexibility index (Phi) is 6.24. The number of hydrogen-bond donors (Lipinski definition) is 1. The van der Waals surface area contributed by atoms with Crippen LogP contribution in [-0.2, 0) is 25.5 Å². The molecule has 0 aliphatic heterocycles. The number of carbonyl (C=O) groups excluding carboxylic acids is 3. The van der Waals surface area contributed by atoms with E-state index in [1.165, 1.54) is 13.2 Å². The van der Waals surface area contributed by atoms with E-state index in [-0.39, 0.29) is 6.42 Å². The second kappa shape index (κ2) is 9.01. The second-order valence-electron chi connectivity index (χ2n) is 6.59. The maximum atomic E-state index is 12.1. The van der Waals surface area contributed by atoms with Crippen LogP contribution in [0.4, 0.5) is 5.69 Å². The molecular weight excluding hydrogens is 370 g/mol. The van der Waals surface area contributed by atoms with Gasteiger partial charge in [-0.25, -0.2) is 4.79 Å². The smallest absolute Gasteiger partial charge is 0.337 e. The van der Waals surface area contributed by atoms with E-state index >= 15 is 0 Å². The molecule has 1 N–H and O–H groups in total. The third-order valence-electron chi connectivity index (χ3n) is 4.46. The Morgan fingerprint density at radius 3 is 2.45 bits per heavy atom. The molecule has 29 heavy (non-hydrogen) atoms. The number of anilines is 1. The fraction of sp³-hybridized carbons (Fsp3) is 0.174. The van der Waals surface area contributed by atoms with Crippen molar-refractivity contribution in [2.24, 2.45) is 0 Å². The van der Waals surface area contributed by atoms with Gasteiger partial charge in [-0.1, -0.05) is 48.5 Å². The van der Waals surface area contributed by atoms with Crippen LogP contribution in [0.1, 0.15) is 21.5 Å². The molecule has 0 radical (unpaired) electrons. The SMILES string of the molecule is COC(=O)c1ccc(C)c(NC(=O)COC(=O)Cc2ccc3ccccc3c2)c1. The van der Waals surface area contributed by atoms with Crippen molar-refractivity contribution in [3.05, 3.63) is 77.4 Å². The number of esters is 2. The lowest BCUT2D eigenvalue weighted by Crippen LogP contribution is -2.22. The number of methoxy groups -OCH3 is 1. The van der Waals surface area contributed by atoms with E-state index in [1.54, 1.807) is 19.1 Å². The molecule has 3 rings (SSSR count). The summed E-state index contributed by atoms with van der Waals surface area (Å²) in [5.41, 5.74) is 2.37. The van der Waals surface area contributed by atoms with Crippen LogP contribution in [0.15, 0.2) is 60.7 Å². The van der Waals surface area contributed by atoms with Gasteiger partial charge in [0.2, 0.25) is 0 Å². The van der Waals surface area contributed by atoms with Gasteiger partial charge in [0.05, 0.1) is 19.1 Å². The van der Waals surface area contributed by atoms with Gasteiger partial charge in [-0.05, 0) is 41.0 Å². The topological polar surface area (TPSA) is 81.7 Å². The molecule has 0 unspecified atom stereocenters. The number of nitrogens with one attached hydrogen (secondary N) is 1. The highest BCUT2D eigenvalue weighted by Crippen LogP contribution is 2.18. The minimum absolute atomic E-state index is 0.0783. The summed E-state index contributed by atoms with van der Waals surface area (Å²) in [6, 6.07) is 18.4. The minimum Gasteiger partial charge on any atom is -0.465 e. The zero-order valence-electron chi connectivity index (χ0n) is 16.2. The molecule has 0 saturated heterocycles. The van der Waals surface area contributed by atoms with Gasteiger partial charge in [0.15, 0.2) is 6.61 Å². The maximum Gasteiger partial charge on any atom is 0.337 e. The number of aryl methyl sites for hydroxylation is 1. The summed E-state index contributed by atoms with van der Waals surface area (Å²) >= 11 is 0. The molecule has 6 heteroatoms. The molecule has 3 aromatic rings. The molecule has 6 nitrogen and oxygen atoms in total. The lowest BCUT2D eigenvalue weighted by atomic mass is 10.1. The van der Waals surface area contributed by atoms with E-state index in [2.05, 4.69) is 10.1 Å². The van der Waals surface area contributed by atoms with E-state index in [0.29, 0.717) is 11.3 Å². The average molecular weight is 391 g/mol. The van der Waals surface area contributed by atoms with Crippen molar-refractivity contribution in [1.82, 2.24) is 0 Å². The lowest BCUT2D eigenvalue weighted by Gasteiger charge is -2.10. The van der Waals surface area contributed by atoms with Crippen LogP contribution < -0.4 is 5.32 Å². The third kappa shape index (κ3) is 5.19. The quantitative estimate of drug-likeness (QED) is 0.649. The number of ether oxygens (including phenoxy) is 2. The summed E-state index contributed by atoms with van der Waals surface area (Å²) in [7, 11) is 1.29. The second-order valence-corrected chi connectivity index (χ2v) is 6.59. The Labute approximate surface area is 168 Å². The van der Waals surface area contributed by atoms with Gasteiger partial charge < -0.3 is 14.8 Å². The Balaban J connectivity index is 1.56. The lowest BCUT2D eigenvalue weighted by molar-refractivity contribution is -0.146. The summed E-state index contributed by atoms with van der Waals surface area (Å²) in [6.07, 6.45) is 0.0783. The van der Waals surface area contributed by atoms with Crippen molar-refractivity contribution in [1.29, 1.82) is 0 Å². The number of fused-ring (bicyclic) bond motifs is 1. The average Bonchev–Trinajstić information content (AvgIpc) is 2.73. The molecule has 0 fully saturated rings. The number of rotatable bonds is 6. The summed E-state index contributed by atoms with van der Waals surface area (Å²) in [5.74, 6) is -1.47. The van der Waals surface area contributed by atoms with E-state index in [9.17, 15) is 14.4 Å². The Morgan fingerprint density at radius 2 is 1.69 bits per heavy atom. The largest absolute Gasteiger partial charge is 0.465 e. The molecule has 0 saturated carbocycles. The van der Waals surface area contributed by atoms with Crippen LogP contribution >= 0.6 is 0 Å². The van der Waals surface area contributed by atoms with Crippen LogP contribution in [0.3, 0.4) is 0 Å². The minimum atomic E-state index is -0.498. The first-order chi connectivity index (χ1) is 14.0. The molecule has 0 bridgehead atoms. The Hall–Kier alpha value is -3.67. The van der Waals surface area contributed by atoms with E-state index in [4.69, 9.17) is 4.74 Å². The fourth-order valence-corrected chi connectivity index (χ4v) is 2.90. The predicted molar refractivity (Wildman–Crippen MR) is 110 cm³/mol. The summed E-state index contributed by atoms with van der Waals surface area (Å²) in [6.45, 7) is 1.39. The van der Waals surface area contributed by atoms with Crippen molar-refractivity contribution in [2.75, 3.05) is 19.0 Å². The Bertz CT molecular complexity index is 1070. The van der Waals surface area contributed by atoms with Crippen LogP contribution in [0, 0.1) is 6.92 Å². The normalized spacial score (nSPS) is 10.4. The molecule has 0 aromatic heterocycles. The molecule has 1 amide bonds. The van der Waals surface area contributed by atoms with Gasteiger partial charge in [-0.15, -0.1) is 0 Å². The van der Waals surface area contributed by atoms with Crippen molar-refractivity contribution in [3.8, 4) is 0 Å². The standard InChI is InChI=1S/C23H21NO5/c1-15-7-9-19(23(27)28-2)13-20(15)24-21(25)14-29-22(26)12-16-8-10-17-5-3-4-6-18(17)11-16/h3-11,13H,12,14H2,1-2H3,(H,24,25). The first-order valence-electron chi connectivity index (χ1n) is 9.08. The molecule has 0 spiro atoms. The van der Waals surface area contributed by atoms with E-state index in [1.807, 2.05) is 42.5 Å². The van der Waals surface area contributed by atoms with Gasteiger partial charge in [-0.2, -0.15) is 0 Å². The fourth-order valence-electron chi connectivity index (χ4n) is 2.90. The van der Waals surface area contributed by atoms with Crippen LogP contribution in [0.25, 0.3) is 10.8 Å². The van der Waals surface area contributed by atoms with Gasteiger partial charge in [0, 0.05) is 5.69 Å². The van der Waals surface area contributed by atoms with Crippen LogP contribution in [-0.4, -0.2) is 31.6 Å². The van der Waals surface area contributed by atoms with E-state index < -0.39 is 24.5 Å². The number of amides is 1. The summed E-state index contributed by atoms with van der Waals surface area (Å²) in [5, 5.41) is 4.78. The summed E-state index contributed by atoms with van der Waals surface area (Å²) < 4.78 is 9.77. The van der Waals surface area contributed by atoms with Crippen molar-refractivity contribution >= 4 is 34.3 Å². The van der Waals surface area contributed by atoms with Crippen LogP contribution in [0.5, 0.6) is 0 Å². The highest BCUT2D eigenvalue weighted by atomic mass is 16.5. The van der Waals surface area contributed by atoms with Crippen molar-refractivity contribution < 1.29 is 23.9 Å². The summed E-state index contributed by atoms with van der Waals surface area (Å²) in [4.78, 5) is 35.9. The van der Waals surface area contributed by atoms with Crippen LogP contribution in [0.2, 0.25) is 0 Å². The maximum absolute atomic E-state index is 12.1. The monoisotopic (exact) mass is 391 g/mol. The number of benzene rings is 3. The third-order valence-corrected chi connectivity index (χ3v) is 4.46. The molecule has 0 aliphatic carbocycles. The van der Waals surface area contributed by atoms with Crippen molar-refractivity contribution in [2.45, 2.75) is 13.3 Å². The van der Waals surface area contributed by atoms with Crippen molar-refractivity contribution in [3.63, 3.8) is 0 Å². The molecule has 0 atom stereocenters.